The van der Waals surface area contributed by atoms with Gasteiger partial charge in [-0.2, -0.15) is 18.3 Å². The van der Waals surface area contributed by atoms with E-state index < -0.39 is 29.0 Å². The van der Waals surface area contributed by atoms with Crippen LogP contribution < -0.4 is 5.56 Å². The quantitative estimate of drug-likeness (QED) is 0.681. The second kappa shape index (κ2) is 6.08. The van der Waals surface area contributed by atoms with Crippen LogP contribution in [-0.2, 0) is 10.9 Å². The summed E-state index contributed by atoms with van der Waals surface area (Å²) in [4.78, 5) is 23.7. The minimum absolute atomic E-state index is 0.0167. The zero-order chi connectivity index (χ0) is 18.2. The van der Waals surface area contributed by atoms with Gasteiger partial charge in [-0.15, -0.1) is 0 Å². The maximum Gasteiger partial charge on any atom is 0.434 e. The number of hydrogen-bond acceptors (Lipinski definition) is 4. The van der Waals surface area contributed by atoms with Gasteiger partial charge >= 0.3 is 12.1 Å². The van der Waals surface area contributed by atoms with Crippen molar-refractivity contribution in [3.05, 3.63) is 64.3 Å². The normalized spacial score (nSPS) is 11.7. The molecule has 0 fully saturated rings. The summed E-state index contributed by atoms with van der Waals surface area (Å²) in [5.41, 5.74) is -2.10. The van der Waals surface area contributed by atoms with Gasteiger partial charge in [-0.05, 0) is 25.1 Å². The summed E-state index contributed by atoms with van der Waals surface area (Å²) in [5.74, 6) is -1.11. The van der Waals surface area contributed by atoms with Crippen LogP contribution in [0.5, 0.6) is 0 Å². The molecule has 3 aromatic rings. The lowest BCUT2D eigenvalue weighted by atomic mass is 10.2. The van der Waals surface area contributed by atoms with E-state index in [1.807, 2.05) is 0 Å². The van der Waals surface area contributed by atoms with Gasteiger partial charge in [0.25, 0.3) is 5.56 Å². The first-order valence-corrected chi connectivity index (χ1v) is 7.27. The van der Waals surface area contributed by atoms with Gasteiger partial charge in [0.05, 0.1) is 24.0 Å². The summed E-state index contributed by atoms with van der Waals surface area (Å²) >= 11 is 0. The molecule has 0 saturated carbocycles. The van der Waals surface area contributed by atoms with Crippen LogP contribution in [0.25, 0.3) is 11.2 Å². The zero-order valence-corrected chi connectivity index (χ0v) is 12.9. The number of halogens is 3. The second-order valence-electron chi connectivity index (χ2n) is 5.05. The fraction of sp³-hybridized carbons (Fsp3) is 0.188. The number of aromatic nitrogens is 3. The molecule has 0 unspecified atom stereocenters. The molecule has 0 radical (unpaired) electrons. The Morgan fingerprint density at radius 1 is 1.24 bits per heavy atom. The highest BCUT2D eigenvalue weighted by atomic mass is 19.4. The van der Waals surface area contributed by atoms with E-state index in [1.165, 1.54) is 47.9 Å². The van der Waals surface area contributed by atoms with Crippen LogP contribution in [-0.4, -0.2) is 26.8 Å². The fourth-order valence-electron chi connectivity index (χ4n) is 2.51. The number of alkyl halides is 3. The van der Waals surface area contributed by atoms with Crippen LogP contribution in [0.15, 0.2) is 47.5 Å². The van der Waals surface area contributed by atoms with Crippen molar-refractivity contribution in [2.24, 2.45) is 0 Å². The van der Waals surface area contributed by atoms with E-state index in [2.05, 4.69) is 9.84 Å². The Hall–Kier alpha value is -3.10. The number of fused-ring (bicyclic) bond motifs is 1. The molecule has 3 heterocycles. The third-order valence-electron chi connectivity index (χ3n) is 3.50. The largest absolute Gasteiger partial charge is 0.462 e. The molecule has 3 aromatic heterocycles. The van der Waals surface area contributed by atoms with Gasteiger partial charge in [-0.3, -0.25) is 9.20 Å². The maximum atomic E-state index is 13.6. The number of carbonyl (C=O) groups is 1. The first-order valence-electron chi connectivity index (χ1n) is 7.27. The smallest absolute Gasteiger partial charge is 0.434 e. The standard InChI is InChI=1S/C16H12F3N3O3/c1-2-25-15(24)10-9-20-22(14(10)16(17,18)19)12-6-4-8-21-11(12)5-3-7-13(21)23/h3-9H,2H2,1H3. The Bertz CT molecular complexity index is 1010. The number of esters is 1. The summed E-state index contributed by atoms with van der Waals surface area (Å²) in [6, 6.07) is 7.02. The summed E-state index contributed by atoms with van der Waals surface area (Å²) in [7, 11) is 0. The van der Waals surface area contributed by atoms with Crippen molar-refractivity contribution >= 4 is 11.5 Å². The van der Waals surface area contributed by atoms with Crippen molar-refractivity contribution in [1.29, 1.82) is 0 Å². The summed E-state index contributed by atoms with van der Waals surface area (Å²) in [5, 5.41) is 3.72. The topological polar surface area (TPSA) is 65.6 Å². The molecule has 0 aromatic carbocycles. The summed E-state index contributed by atoms with van der Waals surface area (Å²) < 4.78 is 47.2. The van der Waals surface area contributed by atoms with E-state index in [0.29, 0.717) is 4.68 Å². The molecule has 130 valence electrons. The molecular weight excluding hydrogens is 339 g/mol. The van der Waals surface area contributed by atoms with E-state index in [1.54, 1.807) is 0 Å². The van der Waals surface area contributed by atoms with Gasteiger partial charge in [0, 0.05) is 12.3 Å². The average molecular weight is 351 g/mol. The SMILES string of the molecule is CCOC(=O)c1cnn(-c2cccn3c(=O)cccc23)c1C(F)(F)F. The lowest BCUT2D eigenvalue weighted by Gasteiger charge is -2.14. The van der Waals surface area contributed by atoms with Gasteiger partial charge in [-0.1, -0.05) is 6.07 Å². The third-order valence-corrected chi connectivity index (χ3v) is 3.50. The van der Waals surface area contributed by atoms with Gasteiger partial charge in [-0.25, -0.2) is 9.48 Å². The molecule has 0 N–H and O–H groups in total. The van der Waals surface area contributed by atoms with E-state index in [-0.39, 0.29) is 17.8 Å². The van der Waals surface area contributed by atoms with Gasteiger partial charge in [0.1, 0.15) is 5.56 Å². The number of rotatable bonds is 3. The number of carbonyl (C=O) groups excluding carboxylic acids is 1. The Labute approximate surface area is 139 Å². The number of ether oxygens (including phenoxy) is 1. The monoisotopic (exact) mass is 351 g/mol. The first-order chi connectivity index (χ1) is 11.8. The molecule has 3 rings (SSSR count). The fourth-order valence-corrected chi connectivity index (χ4v) is 2.51. The number of hydrogen-bond donors (Lipinski definition) is 0. The molecule has 0 amide bonds. The lowest BCUT2D eigenvalue weighted by Crippen LogP contribution is -2.20. The van der Waals surface area contributed by atoms with Crippen molar-refractivity contribution in [1.82, 2.24) is 14.2 Å². The third kappa shape index (κ3) is 2.88. The van der Waals surface area contributed by atoms with Crippen molar-refractivity contribution in [3.63, 3.8) is 0 Å². The summed E-state index contributed by atoms with van der Waals surface area (Å²) in [6.07, 6.45) is -2.60. The molecule has 0 atom stereocenters. The van der Waals surface area contributed by atoms with Crippen LogP contribution >= 0.6 is 0 Å². The molecule has 0 bridgehead atoms. The van der Waals surface area contributed by atoms with Crippen LogP contribution in [0.1, 0.15) is 23.0 Å². The van der Waals surface area contributed by atoms with Crippen molar-refractivity contribution in [3.8, 4) is 5.69 Å². The van der Waals surface area contributed by atoms with Crippen LogP contribution in [0.2, 0.25) is 0 Å². The maximum absolute atomic E-state index is 13.6. The van der Waals surface area contributed by atoms with Crippen LogP contribution in [0.3, 0.4) is 0 Å². The lowest BCUT2D eigenvalue weighted by molar-refractivity contribution is -0.143. The van der Waals surface area contributed by atoms with E-state index in [0.717, 1.165) is 6.20 Å². The molecule has 0 spiro atoms. The van der Waals surface area contributed by atoms with Crippen molar-refractivity contribution in [2.75, 3.05) is 6.61 Å². The predicted molar refractivity (Wildman–Crippen MR) is 81.7 cm³/mol. The highest BCUT2D eigenvalue weighted by Crippen LogP contribution is 2.34. The zero-order valence-electron chi connectivity index (χ0n) is 12.9. The molecular formula is C16H12F3N3O3. The van der Waals surface area contributed by atoms with Crippen molar-refractivity contribution in [2.45, 2.75) is 13.1 Å². The Balaban J connectivity index is 2.31. The van der Waals surface area contributed by atoms with Gasteiger partial charge in [0.15, 0.2) is 5.69 Å². The van der Waals surface area contributed by atoms with Crippen molar-refractivity contribution < 1.29 is 22.7 Å². The summed E-state index contributed by atoms with van der Waals surface area (Å²) in [6.45, 7) is 1.43. The average Bonchev–Trinajstić information content (AvgIpc) is 3.00. The Morgan fingerprint density at radius 2 is 2.00 bits per heavy atom. The van der Waals surface area contributed by atoms with Crippen LogP contribution in [0, 0.1) is 0 Å². The van der Waals surface area contributed by atoms with E-state index >= 15 is 0 Å². The highest BCUT2D eigenvalue weighted by molar-refractivity contribution is 5.91. The predicted octanol–water partition coefficient (Wildman–Crippen LogP) is 2.68. The molecule has 0 aliphatic carbocycles. The minimum atomic E-state index is -4.85. The van der Waals surface area contributed by atoms with Gasteiger partial charge < -0.3 is 4.74 Å². The molecule has 0 aliphatic rings. The van der Waals surface area contributed by atoms with Crippen LogP contribution in [0.4, 0.5) is 13.2 Å². The minimum Gasteiger partial charge on any atom is -0.462 e. The molecule has 0 saturated heterocycles. The molecule has 9 heteroatoms. The molecule has 0 aliphatic heterocycles. The number of pyridine rings is 2. The van der Waals surface area contributed by atoms with Gasteiger partial charge in [0.2, 0.25) is 0 Å². The Kier molecular flexibility index (Phi) is 4.07. The van der Waals surface area contributed by atoms with E-state index in [9.17, 15) is 22.8 Å². The Morgan fingerprint density at radius 3 is 2.68 bits per heavy atom. The number of nitrogens with zero attached hydrogens (tertiary/aromatic N) is 3. The first kappa shape index (κ1) is 16.7. The molecule has 25 heavy (non-hydrogen) atoms. The highest BCUT2D eigenvalue weighted by Gasteiger charge is 2.41. The van der Waals surface area contributed by atoms with E-state index in [4.69, 9.17) is 0 Å². The second-order valence-corrected chi connectivity index (χ2v) is 5.05. The molecule has 6 nitrogen and oxygen atoms in total.